The van der Waals surface area contributed by atoms with Crippen molar-refractivity contribution < 1.29 is 13.9 Å². The molecule has 0 spiro atoms. The van der Waals surface area contributed by atoms with E-state index in [1.807, 2.05) is 13.0 Å². The van der Waals surface area contributed by atoms with Crippen LogP contribution in [0.5, 0.6) is 5.75 Å². The summed E-state index contributed by atoms with van der Waals surface area (Å²) in [5.74, 6) is -0.232. The van der Waals surface area contributed by atoms with E-state index < -0.39 is 0 Å². The zero-order valence-electron chi connectivity index (χ0n) is 13.2. The van der Waals surface area contributed by atoms with Gasteiger partial charge in [-0.2, -0.15) is 0 Å². The van der Waals surface area contributed by atoms with Crippen LogP contribution in [0.4, 0.5) is 10.1 Å². The average molecular weight is 436 g/mol. The van der Waals surface area contributed by atoms with Crippen LogP contribution >= 0.6 is 39.7 Å². The van der Waals surface area contributed by atoms with Gasteiger partial charge in [0.1, 0.15) is 10.7 Å². The maximum atomic E-state index is 14.6. The van der Waals surface area contributed by atoms with Crippen molar-refractivity contribution in [2.24, 2.45) is 0 Å². The standard InChI is InChI=1S/C16H16BrFN2O2S.ClH/c1-8-12(17)14(22-2)15(23-8)16(21)20-11-4-3-9-7-19-6-5-10(9)13(11)18;/h3-4,19H,5-7H2,1-2H3,(H,20,21);1H. The van der Waals surface area contributed by atoms with E-state index in [4.69, 9.17) is 4.74 Å². The van der Waals surface area contributed by atoms with Gasteiger partial charge in [-0.1, -0.05) is 6.07 Å². The van der Waals surface area contributed by atoms with Crippen molar-refractivity contribution in [2.45, 2.75) is 19.9 Å². The van der Waals surface area contributed by atoms with E-state index in [1.54, 1.807) is 6.07 Å². The van der Waals surface area contributed by atoms with Crippen LogP contribution in [0.25, 0.3) is 0 Å². The number of aryl methyl sites for hydroxylation is 1. The first-order valence-electron chi connectivity index (χ1n) is 7.18. The molecule has 1 amide bonds. The number of fused-ring (bicyclic) bond motifs is 1. The Labute approximate surface area is 158 Å². The van der Waals surface area contributed by atoms with E-state index in [0.717, 1.165) is 21.5 Å². The van der Waals surface area contributed by atoms with Gasteiger partial charge in [0.2, 0.25) is 0 Å². The molecule has 0 atom stereocenters. The summed E-state index contributed by atoms with van der Waals surface area (Å²) in [5.41, 5.74) is 1.83. The van der Waals surface area contributed by atoms with Crippen LogP contribution in [0.2, 0.25) is 0 Å². The fourth-order valence-electron chi connectivity index (χ4n) is 2.64. The molecule has 8 heteroatoms. The highest BCUT2D eigenvalue weighted by molar-refractivity contribution is 9.10. The Morgan fingerprint density at radius 1 is 1.46 bits per heavy atom. The molecule has 0 bridgehead atoms. The van der Waals surface area contributed by atoms with Gasteiger partial charge in [-0.15, -0.1) is 23.7 Å². The number of rotatable bonds is 3. The van der Waals surface area contributed by atoms with E-state index in [0.29, 0.717) is 29.2 Å². The summed E-state index contributed by atoms with van der Waals surface area (Å²) in [5, 5.41) is 5.87. The highest BCUT2D eigenvalue weighted by Crippen LogP contribution is 2.39. The van der Waals surface area contributed by atoms with Crippen LogP contribution in [0.15, 0.2) is 16.6 Å². The molecule has 0 fully saturated rings. The van der Waals surface area contributed by atoms with Crippen molar-refractivity contribution >= 4 is 51.3 Å². The molecule has 3 rings (SSSR count). The lowest BCUT2D eigenvalue weighted by Gasteiger charge is -2.19. The van der Waals surface area contributed by atoms with Crippen LogP contribution in [-0.4, -0.2) is 19.6 Å². The maximum absolute atomic E-state index is 14.6. The van der Waals surface area contributed by atoms with Crippen LogP contribution in [0.3, 0.4) is 0 Å². The first kappa shape index (κ1) is 19.2. The molecule has 2 N–H and O–H groups in total. The average Bonchev–Trinajstić information content (AvgIpc) is 2.85. The van der Waals surface area contributed by atoms with Crippen LogP contribution in [0.1, 0.15) is 25.7 Å². The van der Waals surface area contributed by atoms with E-state index >= 15 is 0 Å². The SMILES string of the molecule is COc1c(C(=O)Nc2ccc3c(c2F)CCNC3)sc(C)c1Br.Cl. The predicted molar refractivity (Wildman–Crippen MR) is 100 cm³/mol. The van der Waals surface area contributed by atoms with Crippen molar-refractivity contribution in [1.82, 2.24) is 5.32 Å². The monoisotopic (exact) mass is 434 g/mol. The molecule has 0 radical (unpaired) electrons. The van der Waals surface area contributed by atoms with Gasteiger partial charge in [0, 0.05) is 11.4 Å². The molecule has 1 aliphatic heterocycles. The molecule has 0 unspecified atom stereocenters. The number of nitrogens with one attached hydrogen (secondary N) is 2. The van der Waals surface area contributed by atoms with Crippen molar-refractivity contribution in [2.75, 3.05) is 19.0 Å². The number of anilines is 1. The number of thiophene rings is 1. The molecule has 2 heterocycles. The lowest BCUT2D eigenvalue weighted by atomic mass is 9.99. The Kier molecular flexibility index (Phi) is 6.25. The molecule has 1 aromatic heterocycles. The summed E-state index contributed by atoms with van der Waals surface area (Å²) in [7, 11) is 1.51. The molecular formula is C16H17BrClFN2O2S. The highest BCUT2D eigenvalue weighted by Gasteiger charge is 2.23. The summed E-state index contributed by atoms with van der Waals surface area (Å²) in [4.78, 5) is 13.9. The fraction of sp³-hybridized carbons (Fsp3) is 0.312. The van der Waals surface area contributed by atoms with Gasteiger partial charge in [-0.05, 0) is 53.0 Å². The predicted octanol–water partition coefficient (Wildman–Crippen LogP) is 4.29. The Bertz CT molecular complexity index is 782. The number of benzene rings is 1. The van der Waals surface area contributed by atoms with Crippen molar-refractivity contribution in [3.05, 3.63) is 43.3 Å². The van der Waals surface area contributed by atoms with Gasteiger partial charge < -0.3 is 15.4 Å². The summed E-state index contributed by atoms with van der Waals surface area (Å²) in [6, 6.07) is 3.47. The molecule has 0 aliphatic carbocycles. The van der Waals surface area contributed by atoms with Gasteiger partial charge in [0.05, 0.1) is 17.3 Å². The zero-order valence-corrected chi connectivity index (χ0v) is 16.4. The van der Waals surface area contributed by atoms with Gasteiger partial charge in [0.25, 0.3) is 5.91 Å². The third kappa shape index (κ3) is 3.44. The normalized spacial score (nSPS) is 13.0. The van der Waals surface area contributed by atoms with Gasteiger partial charge >= 0.3 is 0 Å². The molecule has 1 aliphatic rings. The van der Waals surface area contributed by atoms with Crippen LogP contribution in [0, 0.1) is 12.7 Å². The zero-order chi connectivity index (χ0) is 16.6. The minimum atomic E-state index is -0.367. The Balaban J connectivity index is 0.00000208. The topological polar surface area (TPSA) is 50.4 Å². The fourth-order valence-corrected chi connectivity index (χ4v) is 4.29. The smallest absolute Gasteiger partial charge is 0.269 e. The van der Waals surface area contributed by atoms with E-state index in [9.17, 15) is 9.18 Å². The second-order valence-electron chi connectivity index (χ2n) is 5.28. The minimum Gasteiger partial charge on any atom is -0.494 e. The second kappa shape index (κ2) is 7.82. The molecule has 1 aromatic carbocycles. The number of carbonyl (C=O) groups excluding carboxylic acids is 1. The van der Waals surface area contributed by atoms with Crippen LogP contribution in [-0.2, 0) is 13.0 Å². The van der Waals surface area contributed by atoms with Gasteiger partial charge in [-0.25, -0.2) is 4.39 Å². The molecule has 0 saturated carbocycles. The summed E-state index contributed by atoms with van der Waals surface area (Å²) in [6.07, 6.45) is 0.623. The summed E-state index contributed by atoms with van der Waals surface area (Å²) in [6.45, 7) is 3.29. The maximum Gasteiger partial charge on any atom is 0.269 e. The summed E-state index contributed by atoms with van der Waals surface area (Å²) < 4.78 is 20.7. The lowest BCUT2D eigenvalue weighted by Crippen LogP contribution is -2.25. The number of hydrogen-bond donors (Lipinski definition) is 2. The second-order valence-corrected chi connectivity index (χ2v) is 7.30. The van der Waals surface area contributed by atoms with Crippen molar-refractivity contribution in [1.29, 1.82) is 0 Å². The number of methoxy groups -OCH3 is 1. The van der Waals surface area contributed by atoms with E-state index in [1.165, 1.54) is 18.4 Å². The third-order valence-electron chi connectivity index (χ3n) is 3.84. The molecule has 130 valence electrons. The van der Waals surface area contributed by atoms with E-state index in [-0.39, 0.29) is 29.8 Å². The van der Waals surface area contributed by atoms with Crippen LogP contribution < -0.4 is 15.4 Å². The number of hydrogen-bond acceptors (Lipinski definition) is 4. The largest absolute Gasteiger partial charge is 0.494 e. The lowest BCUT2D eigenvalue weighted by molar-refractivity contribution is 0.102. The minimum absolute atomic E-state index is 0. The van der Waals surface area contributed by atoms with E-state index in [2.05, 4.69) is 26.6 Å². The van der Waals surface area contributed by atoms with Gasteiger partial charge in [0.15, 0.2) is 5.75 Å². The highest BCUT2D eigenvalue weighted by atomic mass is 79.9. The molecule has 24 heavy (non-hydrogen) atoms. The Morgan fingerprint density at radius 2 is 2.21 bits per heavy atom. The summed E-state index contributed by atoms with van der Waals surface area (Å²) >= 11 is 4.71. The molecular weight excluding hydrogens is 419 g/mol. The molecule has 4 nitrogen and oxygen atoms in total. The molecule has 2 aromatic rings. The third-order valence-corrected chi connectivity index (χ3v) is 6.14. The quantitative estimate of drug-likeness (QED) is 0.756. The number of ether oxygens (including phenoxy) is 1. The van der Waals surface area contributed by atoms with Gasteiger partial charge in [-0.3, -0.25) is 4.79 Å². The number of carbonyl (C=O) groups is 1. The van der Waals surface area contributed by atoms with Crippen molar-refractivity contribution in [3.63, 3.8) is 0 Å². The number of halogens is 3. The molecule has 0 saturated heterocycles. The first-order valence-corrected chi connectivity index (χ1v) is 8.79. The Morgan fingerprint density at radius 3 is 2.92 bits per heavy atom. The number of amides is 1. The Hall–Kier alpha value is -1.15. The van der Waals surface area contributed by atoms with Crippen molar-refractivity contribution in [3.8, 4) is 5.75 Å². The first-order chi connectivity index (χ1) is 11.0.